The predicted octanol–water partition coefficient (Wildman–Crippen LogP) is 2.29. The van der Waals surface area contributed by atoms with Gasteiger partial charge in [0.15, 0.2) is 0 Å². The highest BCUT2D eigenvalue weighted by atomic mass is 32.1. The van der Waals surface area contributed by atoms with E-state index in [4.69, 9.17) is 0 Å². The number of amides is 1. The molecule has 2 N–H and O–H groups in total. The third kappa shape index (κ3) is 3.42. The van der Waals surface area contributed by atoms with E-state index < -0.39 is 4.92 Å². The van der Waals surface area contributed by atoms with Crippen LogP contribution in [-0.2, 0) is 0 Å². The maximum Gasteiger partial charge on any atom is 0.276 e. The first-order chi connectivity index (χ1) is 10.0. The number of nitrogens with zero attached hydrogens (tertiary/aromatic N) is 2. The number of nitrogens with one attached hydrogen (secondary N) is 1. The molecule has 0 bridgehead atoms. The summed E-state index contributed by atoms with van der Waals surface area (Å²) in [6.45, 7) is 0. The van der Waals surface area contributed by atoms with Crippen LogP contribution in [0.4, 0.5) is 5.69 Å². The van der Waals surface area contributed by atoms with Crippen LogP contribution in [0.3, 0.4) is 0 Å². The fourth-order valence-electron chi connectivity index (χ4n) is 1.60. The molecule has 0 atom stereocenters. The summed E-state index contributed by atoms with van der Waals surface area (Å²) in [6.07, 6.45) is 4.46. The van der Waals surface area contributed by atoms with Gasteiger partial charge in [-0.2, -0.15) is 0 Å². The lowest BCUT2D eigenvalue weighted by molar-refractivity contribution is -0.385. The summed E-state index contributed by atoms with van der Waals surface area (Å²) in [5.41, 5.74) is 0.142. The van der Waals surface area contributed by atoms with Gasteiger partial charge in [0.05, 0.1) is 16.7 Å². The number of benzene rings is 1. The molecule has 0 spiro atoms. The van der Waals surface area contributed by atoms with Gasteiger partial charge in [0.25, 0.3) is 11.6 Å². The molecule has 7 nitrogen and oxygen atoms in total. The van der Waals surface area contributed by atoms with E-state index in [0.29, 0.717) is 9.88 Å². The van der Waals surface area contributed by atoms with Crippen LogP contribution in [0.15, 0.2) is 24.4 Å². The monoisotopic (exact) mass is 305 g/mol. The number of phenolic OH excluding ortho intramolecular Hbond substituents is 1. The summed E-state index contributed by atoms with van der Waals surface area (Å²) in [5.74, 6) is -0.305. The van der Waals surface area contributed by atoms with Crippen LogP contribution in [0, 0.1) is 10.1 Å². The van der Waals surface area contributed by atoms with Crippen molar-refractivity contribution >= 4 is 35.1 Å². The Labute approximate surface area is 123 Å². The second kappa shape index (κ2) is 6.14. The van der Waals surface area contributed by atoms with Crippen molar-refractivity contribution in [2.75, 3.05) is 7.05 Å². The van der Waals surface area contributed by atoms with Gasteiger partial charge in [0.1, 0.15) is 15.6 Å². The minimum absolute atomic E-state index is 0.0644. The van der Waals surface area contributed by atoms with E-state index in [-0.39, 0.29) is 22.9 Å². The van der Waals surface area contributed by atoms with Gasteiger partial charge in [-0.05, 0) is 24.3 Å². The van der Waals surface area contributed by atoms with E-state index >= 15 is 0 Å². The van der Waals surface area contributed by atoms with E-state index in [9.17, 15) is 20.0 Å². The number of nitro benzene ring substituents is 1. The largest absolute Gasteiger partial charge is 0.508 e. The maximum atomic E-state index is 11.4. The molecular weight excluding hydrogens is 294 g/mol. The van der Waals surface area contributed by atoms with Gasteiger partial charge in [-0.1, -0.05) is 0 Å². The number of hydrogen-bond acceptors (Lipinski definition) is 6. The Morgan fingerprint density at radius 3 is 2.90 bits per heavy atom. The summed E-state index contributed by atoms with van der Waals surface area (Å²) in [4.78, 5) is 26.3. The normalized spacial score (nSPS) is 10.7. The second-order valence-electron chi connectivity index (χ2n) is 3.98. The van der Waals surface area contributed by atoms with Crippen LogP contribution in [0.2, 0.25) is 0 Å². The quantitative estimate of drug-likeness (QED) is 0.666. The first-order valence-electron chi connectivity index (χ1n) is 5.84. The maximum absolute atomic E-state index is 11.4. The Balaban J connectivity index is 2.29. The predicted molar refractivity (Wildman–Crippen MR) is 79.2 cm³/mol. The van der Waals surface area contributed by atoms with Crippen molar-refractivity contribution in [2.24, 2.45) is 0 Å². The van der Waals surface area contributed by atoms with Gasteiger partial charge >= 0.3 is 0 Å². The molecule has 0 unspecified atom stereocenters. The first-order valence-corrected chi connectivity index (χ1v) is 6.66. The SMILES string of the molecule is CNC(=O)c1cnc(/C=C/c2cc(O)ccc2[N+](=O)[O-])s1. The van der Waals surface area contributed by atoms with Crippen LogP contribution >= 0.6 is 11.3 Å². The number of thiazole rings is 1. The van der Waals surface area contributed by atoms with Crippen molar-refractivity contribution in [1.82, 2.24) is 10.3 Å². The lowest BCUT2D eigenvalue weighted by Crippen LogP contribution is -2.16. The van der Waals surface area contributed by atoms with Gasteiger partial charge in [-0.3, -0.25) is 14.9 Å². The topological polar surface area (TPSA) is 105 Å². The molecular formula is C13H11N3O4S. The Morgan fingerprint density at radius 2 is 2.24 bits per heavy atom. The first kappa shape index (κ1) is 14.7. The average Bonchev–Trinajstić information content (AvgIpc) is 2.93. The zero-order valence-electron chi connectivity index (χ0n) is 10.9. The molecule has 0 fully saturated rings. The van der Waals surface area contributed by atoms with Crippen LogP contribution < -0.4 is 5.32 Å². The molecule has 2 aromatic rings. The van der Waals surface area contributed by atoms with Gasteiger partial charge in [-0.15, -0.1) is 11.3 Å². The van der Waals surface area contributed by atoms with Crippen LogP contribution in [-0.4, -0.2) is 28.0 Å². The number of carbonyl (C=O) groups excluding carboxylic acids is 1. The van der Waals surface area contributed by atoms with E-state index in [2.05, 4.69) is 10.3 Å². The fraction of sp³-hybridized carbons (Fsp3) is 0.0769. The standard InChI is InChI=1S/C13H11N3O4S/c1-14-13(18)11-7-15-12(21-11)5-2-8-6-9(17)3-4-10(8)16(19)20/h2-7,17H,1H3,(H,14,18)/b5-2+. The van der Waals surface area contributed by atoms with E-state index in [1.807, 2.05) is 0 Å². The van der Waals surface area contributed by atoms with E-state index in [1.54, 1.807) is 6.08 Å². The van der Waals surface area contributed by atoms with Crippen molar-refractivity contribution in [3.05, 3.63) is 50.0 Å². The minimum Gasteiger partial charge on any atom is -0.508 e. The molecule has 1 aromatic heterocycles. The van der Waals surface area contributed by atoms with Gasteiger partial charge in [0.2, 0.25) is 0 Å². The van der Waals surface area contributed by atoms with Crippen LogP contribution in [0.1, 0.15) is 20.2 Å². The second-order valence-corrected chi connectivity index (χ2v) is 5.04. The number of carbonyl (C=O) groups is 1. The summed E-state index contributed by atoms with van der Waals surface area (Å²) in [6, 6.07) is 3.78. The number of hydrogen-bond donors (Lipinski definition) is 2. The Hall–Kier alpha value is -2.74. The summed E-state index contributed by atoms with van der Waals surface area (Å²) < 4.78 is 0. The highest BCUT2D eigenvalue weighted by Gasteiger charge is 2.12. The average molecular weight is 305 g/mol. The molecule has 108 valence electrons. The molecule has 0 saturated carbocycles. The van der Waals surface area contributed by atoms with Crippen molar-refractivity contribution in [3.8, 4) is 5.75 Å². The van der Waals surface area contributed by atoms with Crippen molar-refractivity contribution in [2.45, 2.75) is 0 Å². The third-order valence-electron chi connectivity index (χ3n) is 2.59. The Morgan fingerprint density at radius 1 is 1.48 bits per heavy atom. The zero-order chi connectivity index (χ0) is 15.4. The molecule has 1 heterocycles. The molecule has 8 heteroatoms. The molecule has 0 saturated heterocycles. The van der Waals surface area contributed by atoms with Crippen LogP contribution in [0.25, 0.3) is 12.2 Å². The number of nitro groups is 1. The summed E-state index contributed by atoms with van der Waals surface area (Å²) in [7, 11) is 1.52. The van der Waals surface area contributed by atoms with Crippen LogP contribution in [0.5, 0.6) is 5.75 Å². The molecule has 21 heavy (non-hydrogen) atoms. The molecule has 0 aliphatic carbocycles. The highest BCUT2D eigenvalue weighted by molar-refractivity contribution is 7.14. The van der Waals surface area contributed by atoms with Gasteiger partial charge in [0, 0.05) is 13.1 Å². The molecule has 1 aromatic carbocycles. The van der Waals surface area contributed by atoms with Gasteiger partial charge < -0.3 is 10.4 Å². The lowest BCUT2D eigenvalue weighted by Gasteiger charge is -1.98. The third-order valence-corrected chi connectivity index (χ3v) is 3.55. The smallest absolute Gasteiger partial charge is 0.276 e. The fourth-order valence-corrected chi connectivity index (χ4v) is 2.36. The number of rotatable bonds is 4. The van der Waals surface area contributed by atoms with E-state index in [1.165, 1.54) is 37.5 Å². The van der Waals surface area contributed by atoms with Crippen molar-refractivity contribution in [3.63, 3.8) is 0 Å². The molecule has 2 rings (SSSR count). The minimum atomic E-state index is -0.531. The van der Waals surface area contributed by atoms with Crippen molar-refractivity contribution < 1.29 is 14.8 Å². The summed E-state index contributed by atoms with van der Waals surface area (Å²) >= 11 is 1.16. The number of aromatic nitrogens is 1. The lowest BCUT2D eigenvalue weighted by atomic mass is 10.1. The molecule has 0 aliphatic rings. The molecule has 0 radical (unpaired) electrons. The van der Waals surface area contributed by atoms with Crippen molar-refractivity contribution in [1.29, 1.82) is 0 Å². The number of phenols is 1. The Bertz CT molecular complexity index is 724. The molecule has 0 aliphatic heterocycles. The number of aromatic hydroxyl groups is 1. The Kier molecular flexibility index (Phi) is 4.29. The van der Waals surface area contributed by atoms with E-state index in [0.717, 1.165) is 11.3 Å². The van der Waals surface area contributed by atoms with Gasteiger partial charge in [-0.25, -0.2) is 4.98 Å². The summed E-state index contributed by atoms with van der Waals surface area (Å²) in [5, 5.41) is 23.3. The molecule has 1 amide bonds. The zero-order valence-corrected chi connectivity index (χ0v) is 11.8. The highest BCUT2D eigenvalue weighted by Crippen LogP contribution is 2.25.